The molecule has 2 aromatic carbocycles. The minimum absolute atomic E-state index is 0.124. The summed E-state index contributed by atoms with van der Waals surface area (Å²) in [4.78, 5) is 2.80. The van der Waals surface area contributed by atoms with Gasteiger partial charge in [0.1, 0.15) is 16.7 Å². The summed E-state index contributed by atoms with van der Waals surface area (Å²) in [6, 6.07) is 16.8. The van der Waals surface area contributed by atoms with Crippen LogP contribution in [0.1, 0.15) is 31.2 Å². The van der Waals surface area contributed by atoms with E-state index >= 15 is 0 Å². The molecule has 2 fully saturated rings. The van der Waals surface area contributed by atoms with Crippen molar-refractivity contribution >= 4 is 10.0 Å². The Morgan fingerprint density at radius 2 is 1.62 bits per heavy atom. The number of hydrogen-bond donors (Lipinski definition) is 0. The molecule has 154 valence electrons. The minimum Gasteiger partial charge on any atom is -0.487 e. The number of sulfonamides is 1. The first-order valence-corrected chi connectivity index (χ1v) is 12.1. The summed E-state index contributed by atoms with van der Waals surface area (Å²) in [5, 5.41) is 0. The van der Waals surface area contributed by atoms with Gasteiger partial charge in [-0.05, 0) is 55.8 Å². The van der Waals surface area contributed by atoms with Gasteiger partial charge in [-0.1, -0.05) is 42.5 Å². The third-order valence-electron chi connectivity index (χ3n) is 6.38. The number of ether oxygens (including phenoxy) is 1. The van der Waals surface area contributed by atoms with Crippen LogP contribution >= 0.6 is 0 Å². The number of benzene rings is 2. The molecule has 5 rings (SSSR count). The van der Waals surface area contributed by atoms with E-state index in [1.165, 1.54) is 12.8 Å². The van der Waals surface area contributed by atoms with Gasteiger partial charge in [0.05, 0.1) is 6.04 Å². The predicted molar refractivity (Wildman–Crippen MR) is 112 cm³/mol. The van der Waals surface area contributed by atoms with Crippen LogP contribution in [0.5, 0.6) is 5.75 Å². The average molecular weight is 413 g/mol. The fourth-order valence-corrected chi connectivity index (χ4v) is 6.41. The zero-order valence-corrected chi connectivity index (χ0v) is 17.4. The monoisotopic (exact) mass is 412 g/mol. The molecule has 6 heteroatoms. The van der Waals surface area contributed by atoms with Gasteiger partial charge in [-0.15, -0.1) is 0 Å². The van der Waals surface area contributed by atoms with Crippen molar-refractivity contribution in [3.8, 4) is 5.75 Å². The molecule has 0 amide bonds. The van der Waals surface area contributed by atoms with Gasteiger partial charge in [0.2, 0.25) is 10.0 Å². The van der Waals surface area contributed by atoms with Crippen LogP contribution < -0.4 is 4.74 Å². The van der Waals surface area contributed by atoms with Gasteiger partial charge in [0, 0.05) is 19.6 Å². The number of fused-ring (bicyclic) bond motifs is 2. The fourth-order valence-electron chi connectivity index (χ4n) is 4.62. The summed E-state index contributed by atoms with van der Waals surface area (Å²) in [6.07, 6.45) is 4.20. The summed E-state index contributed by atoms with van der Waals surface area (Å²) in [5.41, 5.74) is 1.01. The normalized spacial score (nSPS) is 27.2. The van der Waals surface area contributed by atoms with Gasteiger partial charge in [-0.25, -0.2) is 8.42 Å². The van der Waals surface area contributed by atoms with E-state index in [0.717, 1.165) is 44.0 Å². The summed E-state index contributed by atoms with van der Waals surface area (Å²) >= 11 is 0. The molecule has 3 aliphatic rings. The Kier molecular flexibility index (Phi) is 5.10. The lowest BCUT2D eigenvalue weighted by molar-refractivity contribution is 0.110. The molecule has 2 heterocycles. The zero-order chi connectivity index (χ0) is 19.8. The van der Waals surface area contributed by atoms with Crippen LogP contribution in [0.25, 0.3) is 0 Å². The SMILES string of the molecule is O=S1(=O)c2ccccc2O[C@H]2CCN(CC3CC3)CC[C@@H]2N1Cc1ccccc1. The van der Waals surface area contributed by atoms with Crippen molar-refractivity contribution in [2.75, 3.05) is 19.6 Å². The van der Waals surface area contributed by atoms with Crippen LogP contribution in [0.3, 0.4) is 0 Å². The Bertz CT molecular complexity index is 959. The van der Waals surface area contributed by atoms with Gasteiger partial charge >= 0.3 is 0 Å². The van der Waals surface area contributed by atoms with E-state index in [4.69, 9.17) is 4.74 Å². The minimum atomic E-state index is -3.64. The molecule has 0 spiro atoms. The molecule has 29 heavy (non-hydrogen) atoms. The second-order valence-corrected chi connectivity index (χ2v) is 10.4. The molecule has 2 aliphatic heterocycles. The van der Waals surface area contributed by atoms with Crippen molar-refractivity contribution in [3.63, 3.8) is 0 Å². The number of para-hydroxylation sites is 1. The first-order valence-electron chi connectivity index (χ1n) is 10.6. The van der Waals surface area contributed by atoms with Gasteiger partial charge in [0.15, 0.2) is 0 Å². The molecule has 2 atom stereocenters. The topological polar surface area (TPSA) is 49.9 Å². The summed E-state index contributed by atoms with van der Waals surface area (Å²) in [5.74, 6) is 1.33. The molecule has 0 aromatic heterocycles. The largest absolute Gasteiger partial charge is 0.487 e. The van der Waals surface area contributed by atoms with E-state index in [-0.39, 0.29) is 12.1 Å². The Hall–Kier alpha value is -1.89. The maximum Gasteiger partial charge on any atom is 0.247 e. The maximum absolute atomic E-state index is 13.7. The van der Waals surface area contributed by atoms with Gasteiger partial charge in [-0.3, -0.25) is 0 Å². The van der Waals surface area contributed by atoms with Gasteiger partial charge in [-0.2, -0.15) is 4.31 Å². The van der Waals surface area contributed by atoms with Crippen LogP contribution in [-0.2, 0) is 16.6 Å². The number of hydrogen-bond acceptors (Lipinski definition) is 4. The molecule has 1 aliphatic carbocycles. The van der Waals surface area contributed by atoms with Crippen LogP contribution in [0.4, 0.5) is 0 Å². The summed E-state index contributed by atoms with van der Waals surface area (Å²) in [6.45, 7) is 3.42. The van der Waals surface area contributed by atoms with Crippen molar-refractivity contribution in [2.24, 2.45) is 5.92 Å². The van der Waals surface area contributed by atoms with Crippen molar-refractivity contribution in [3.05, 3.63) is 60.2 Å². The maximum atomic E-state index is 13.7. The summed E-state index contributed by atoms with van der Waals surface area (Å²) in [7, 11) is -3.64. The third kappa shape index (κ3) is 3.93. The average Bonchev–Trinajstić information content (AvgIpc) is 3.56. The highest BCUT2D eigenvalue weighted by Crippen LogP contribution is 2.38. The molecule has 0 unspecified atom stereocenters. The first kappa shape index (κ1) is 19.1. The fraction of sp³-hybridized carbons (Fsp3) is 0.478. The molecular weight excluding hydrogens is 384 g/mol. The molecule has 5 nitrogen and oxygen atoms in total. The van der Waals surface area contributed by atoms with Crippen LogP contribution in [-0.4, -0.2) is 49.4 Å². The molecule has 1 saturated carbocycles. The number of nitrogens with zero attached hydrogens (tertiary/aromatic N) is 2. The molecule has 0 radical (unpaired) electrons. The van der Waals surface area contributed by atoms with E-state index in [9.17, 15) is 8.42 Å². The Labute approximate surface area is 173 Å². The standard InChI is InChI=1S/C23H28N2O3S/c26-29(27)23-9-5-4-8-22(23)28-21-13-15-24(16-19-10-11-19)14-12-20(21)25(29)17-18-6-2-1-3-7-18/h1-9,19-21H,10-17H2/t20-,21-/m0/s1. The van der Waals surface area contributed by atoms with E-state index < -0.39 is 10.0 Å². The predicted octanol–water partition coefficient (Wildman–Crippen LogP) is 3.51. The quantitative estimate of drug-likeness (QED) is 0.771. The summed E-state index contributed by atoms with van der Waals surface area (Å²) < 4.78 is 35.5. The van der Waals surface area contributed by atoms with Crippen molar-refractivity contribution in [2.45, 2.75) is 49.3 Å². The number of likely N-dealkylation sites (tertiary alicyclic amines) is 1. The van der Waals surface area contributed by atoms with Gasteiger partial charge < -0.3 is 9.64 Å². The number of rotatable bonds is 4. The lowest BCUT2D eigenvalue weighted by Crippen LogP contribution is -2.46. The molecule has 2 aromatic rings. The Morgan fingerprint density at radius 1 is 0.897 bits per heavy atom. The molecule has 0 bridgehead atoms. The first-order chi connectivity index (χ1) is 14.1. The second kappa shape index (κ2) is 7.74. The molecule has 0 N–H and O–H groups in total. The highest BCUT2D eigenvalue weighted by atomic mass is 32.2. The van der Waals surface area contributed by atoms with Crippen LogP contribution in [0.15, 0.2) is 59.5 Å². The second-order valence-electron chi connectivity index (χ2n) is 8.53. The molecule has 1 saturated heterocycles. The molecular formula is C23H28N2O3S. The van der Waals surface area contributed by atoms with Gasteiger partial charge in [0.25, 0.3) is 0 Å². The van der Waals surface area contributed by atoms with E-state index in [1.807, 2.05) is 36.4 Å². The highest BCUT2D eigenvalue weighted by Gasteiger charge is 2.43. The Balaban J connectivity index is 1.51. The Morgan fingerprint density at radius 3 is 2.41 bits per heavy atom. The van der Waals surface area contributed by atoms with E-state index in [1.54, 1.807) is 22.5 Å². The smallest absolute Gasteiger partial charge is 0.247 e. The highest BCUT2D eigenvalue weighted by molar-refractivity contribution is 7.89. The van der Waals surface area contributed by atoms with E-state index in [0.29, 0.717) is 17.2 Å². The van der Waals surface area contributed by atoms with Crippen LogP contribution in [0, 0.1) is 5.92 Å². The van der Waals surface area contributed by atoms with Crippen molar-refractivity contribution in [1.82, 2.24) is 9.21 Å². The lowest BCUT2D eigenvalue weighted by Gasteiger charge is -2.32. The lowest BCUT2D eigenvalue weighted by atomic mass is 10.1. The van der Waals surface area contributed by atoms with Crippen molar-refractivity contribution in [1.29, 1.82) is 0 Å². The van der Waals surface area contributed by atoms with Crippen molar-refractivity contribution < 1.29 is 13.2 Å². The van der Waals surface area contributed by atoms with Crippen LogP contribution in [0.2, 0.25) is 0 Å². The van der Waals surface area contributed by atoms with E-state index in [2.05, 4.69) is 4.90 Å². The zero-order valence-electron chi connectivity index (χ0n) is 16.6. The third-order valence-corrected chi connectivity index (χ3v) is 8.29.